The van der Waals surface area contributed by atoms with Gasteiger partial charge in [0, 0.05) is 43.1 Å². The van der Waals surface area contributed by atoms with Crippen LogP contribution in [0.15, 0.2) is 24.3 Å². The van der Waals surface area contributed by atoms with Crippen LogP contribution >= 0.6 is 10.8 Å². The lowest BCUT2D eigenvalue weighted by atomic mass is 9.88. The number of carbonyl (C=O) groups is 3. The number of ether oxygens (including phenoxy) is 2. The van der Waals surface area contributed by atoms with E-state index in [1.165, 1.54) is 0 Å². The Kier molecular flexibility index (Phi) is 16.9. The second-order valence-corrected chi connectivity index (χ2v) is 15.1. The molecule has 0 radical (unpaired) electrons. The summed E-state index contributed by atoms with van der Waals surface area (Å²) in [4.78, 5) is 37.0. The second kappa shape index (κ2) is 18.7. The van der Waals surface area contributed by atoms with E-state index in [1.807, 2.05) is 38.2 Å². The normalized spacial score (nSPS) is 21.5. The Labute approximate surface area is 238 Å². The fourth-order valence-corrected chi connectivity index (χ4v) is 6.02. The number of ketones is 1. The van der Waals surface area contributed by atoms with Gasteiger partial charge in [-0.3, -0.25) is 14.4 Å². The quantitative estimate of drug-likeness (QED) is 0.0845. The summed E-state index contributed by atoms with van der Waals surface area (Å²) < 4.78 is 32.9. The first kappa shape index (κ1) is 35.4. The van der Waals surface area contributed by atoms with Crippen LogP contribution in [-0.4, -0.2) is 61.6 Å². The molecular formula is C29H48O8S2. The lowest BCUT2D eigenvalue weighted by Gasteiger charge is -2.23. The van der Waals surface area contributed by atoms with Crippen LogP contribution in [0, 0.1) is 11.8 Å². The fourth-order valence-electron chi connectivity index (χ4n) is 4.45. The largest absolute Gasteiger partial charge is 0.465 e. The maximum absolute atomic E-state index is 12.9. The Bertz CT molecular complexity index is 924. The summed E-state index contributed by atoms with van der Waals surface area (Å²) in [5.74, 6) is -0.914. The van der Waals surface area contributed by atoms with Gasteiger partial charge in [0.2, 0.25) is 0 Å². The standard InChI is InChI=1S/C29H48O8S2/c1-5-7-16-28(32)37-26-22-25(30)23(24(26)15-13-19-29(3,33)18-8-6-2)14-11-9-10-12-17-27(31)36-20-21-38-39(4,34)35/h9,11,13,15,23-24,26,33H,5-8,10,12,14,16-22H2,1-4H3/b11-9-,15-13+/t23-,24-,26-,29+/m1/s1. The second-order valence-electron chi connectivity index (χ2n) is 10.6. The third-order valence-corrected chi connectivity index (χ3v) is 9.21. The molecule has 0 aromatic heterocycles. The average molecular weight is 589 g/mol. The van der Waals surface area contributed by atoms with Crippen molar-refractivity contribution >= 4 is 37.4 Å². The van der Waals surface area contributed by atoms with Crippen LogP contribution in [-0.2, 0) is 32.7 Å². The van der Waals surface area contributed by atoms with Gasteiger partial charge in [0.05, 0.1) is 5.60 Å². The number of allylic oxidation sites excluding steroid dienone is 2. The molecule has 0 aromatic carbocycles. The van der Waals surface area contributed by atoms with Gasteiger partial charge in [-0.25, -0.2) is 8.42 Å². The van der Waals surface area contributed by atoms with Crippen molar-refractivity contribution in [3.63, 3.8) is 0 Å². The first-order valence-corrected chi connectivity index (χ1v) is 17.5. The number of unbranched alkanes of at least 4 members (excludes halogenated alkanes) is 3. The van der Waals surface area contributed by atoms with Crippen molar-refractivity contribution in [1.29, 1.82) is 0 Å². The van der Waals surface area contributed by atoms with E-state index in [9.17, 15) is 27.9 Å². The maximum Gasteiger partial charge on any atom is 0.306 e. The van der Waals surface area contributed by atoms with E-state index in [4.69, 9.17) is 9.47 Å². The van der Waals surface area contributed by atoms with E-state index < -0.39 is 20.6 Å². The summed E-state index contributed by atoms with van der Waals surface area (Å²) >= 11 is 0. The zero-order valence-electron chi connectivity index (χ0n) is 24.1. The predicted octanol–water partition coefficient (Wildman–Crippen LogP) is 5.53. The summed E-state index contributed by atoms with van der Waals surface area (Å²) in [5.41, 5.74) is -0.814. The van der Waals surface area contributed by atoms with Crippen LogP contribution in [0.3, 0.4) is 0 Å². The van der Waals surface area contributed by atoms with Crippen LogP contribution < -0.4 is 0 Å². The minimum Gasteiger partial charge on any atom is -0.465 e. The molecule has 1 N–H and O–H groups in total. The molecule has 1 aliphatic rings. The van der Waals surface area contributed by atoms with Gasteiger partial charge < -0.3 is 14.6 Å². The minimum absolute atomic E-state index is 0.0589. The molecule has 0 heterocycles. The molecule has 0 spiro atoms. The predicted molar refractivity (Wildman–Crippen MR) is 156 cm³/mol. The Morgan fingerprint density at radius 2 is 1.77 bits per heavy atom. The molecule has 0 saturated heterocycles. The first-order chi connectivity index (χ1) is 18.4. The van der Waals surface area contributed by atoms with Gasteiger partial charge in [0.25, 0.3) is 0 Å². The molecule has 4 atom stereocenters. The van der Waals surface area contributed by atoms with Gasteiger partial charge in [-0.15, -0.1) is 0 Å². The van der Waals surface area contributed by atoms with Crippen molar-refractivity contribution in [2.24, 2.45) is 11.8 Å². The molecule has 39 heavy (non-hydrogen) atoms. The van der Waals surface area contributed by atoms with Crippen LogP contribution in [0.4, 0.5) is 0 Å². The van der Waals surface area contributed by atoms with Gasteiger partial charge in [0.15, 0.2) is 8.87 Å². The van der Waals surface area contributed by atoms with Crippen molar-refractivity contribution in [1.82, 2.24) is 0 Å². The van der Waals surface area contributed by atoms with Gasteiger partial charge >= 0.3 is 11.9 Å². The van der Waals surface area contributed by atoms with Crippen molar-refractivity contribution in [2.45, 2.75) is 110 Å². The number of carbonyl (C=O) groups excluding carboxylic acids is 3. The third-order valence-electron chi connectivity index (χ3n) is 6.66. The van der Waals surface area contributed by atoms with Crippen LogP contribution in [0.2, 0.25) is 0 Å². The van der Waals surface area contributed by atoms with Crippen molar-refractivity contribution in [2.75, 3.05) is 18.6 Å². The lowest BCUT2D eigenvalue weighted by Crippen LogP contribution is -2.25. The summed E-state index contributed by atoms with van der Waals surface area (Å²) in [6.07, 6.45) is 15.6. The Hall–Kier alpha value is -1.65. The molecule has 1 saturated carbocycles. The number of rotatable bonds is 20. The van der Waals surface area contributed by atoms with E-state index in [0.29, 0.717) is 38.5 Å². The molecule has 0 unspecified atom stereocenters. The molecule has 1 aliphatic carbocycles. The average Bonchev–Trinajstić information content (AvgIpc) is 3.14. The SMILES string of the molecule is CCCCC(=O)O[C@@H]1CC(=O)[C@H](C/C=C\CCCC(=O)OCCSS(C)(=O)=O)[C@H]1/C=C/C[C@@](C)(O)CCCC. The first-order valence-electron chi connectivity index (χ1n) is 14.1. The Morgan fingerprint density at radius 3 is 2.44 bits per heavy atom. The molecule has 224 valence electrons. The minimum atomic E-state index is -3.14. The molecule has 1 fully saturated rings. The number of hydrogen-bond acceptors (Lipinski definition) is 9. The molecule has 0 aromatic rings. The van der Waals surface area contributed by atoms with E-state index >= 15 is 0 Å². The molecule has 8 nitrogen and oxygen atoms in total. The van der Waals surface area contributed by atoms with E-state index in [2.05, 4.69) is 6.92 Å². The summed E-state index contributed by atoms with van der Waals surface area (Å²) in [6.45, 7) is 5.97. The highest BCUT2D eigenvalue weighted by atomic mass is 33.1. The molecule has 0 bridgehead atoms. The van der Waals surface area contributed by atoms with Gasteiger partial charge in [-0.05, 0) is 56.2 Å². The summed E-state index contributed by atoms with van der Waals surface area (Å²) in [7, 11) is -2.39. The van der Waals surface area contributed by atoms with Gasteiger partial charge in [0.1, 0.15) is 18.5 Å². The van der Waals surface area contributed by atoms with Crippen LogP contribution in [0.1, 0.15) is 97.8 Å². The molecule has 0 amide bonds. The Balaban J connectivity index is 2.64. The fraction of sp³-hybridized carbons (Fsp3) is 0.759. The van der Waals surface area contributed by atoms with Crippen LogP contribution in [0.25, 0.3) is 0 Å². The zero-order chi connectivity index (χ0) is 29.3. The van der Waals surface area contributed by atoms with Crippen LogP contribution in [0.5, 0.6) is 0 Å². The molecule has 10 heteroatoms. The highest BCUT2D eigenvalue weighted by Crippen LogP contribution is 2.36. The highest BCUT2D eigenvalue weighted by Gasteiger charge is 2.42. The number of aliphatic hydroxyl groups is 1. The van der Waals surface area contributed by atoms with Crippen molar-refractivity contribution < 1.29 is 37.4 Å². The molecule has 0 aliphatic heterocycles. The summed E-state index contributed by atoms with van der Waals surface area (Å²) in [6, 6.07) is 0. The summed E-state index contributed by atoms with van der Waals surface area (Å²) in [5, 5.41) is 10.6. The van der Waals surface area contributed by atoms with Gasteiger partial charge in [-0.1, -0.05) is 57.4 Å². The maximum atomic E-state index is 12.9. The number of hydrogen-bond donors (Lipinski definition) is 1. The number of Topliss-reactive ketones (excluding diaryl/α,β-unsaturated/α-hetero) is 1. The van der Waals surface area contributed by atoms with Crippen molar-refractivity contribution in [3.8, 4) is 0 Å². The highest BCUT2D eigenvalue weighted by molar-refractivity contribution is 8.71. The lowest BCUT2D eigenvalue weighted by molar-refractivity contribution is -0.150. The van der Waals surface area contributed by atoms with Gasteiger partial charge in [-0.2, -0.15) is 0 Å². The van der Waals surface area contributed by atoms with E-state index in [0.717, 1.165) is 42.7 Å². The topological polar surface area (TPSA) is 124 Å². The van der Waals surface area contributed by atoms with E-state index in [1.54, 1.807) is 0 Å². The monoisotopic (exact) mass is 588 g/mol. The van der Waals surface area contributed by atoms with Crippen molar-refractivity contribution in [3.05, 3.63) is 24.3 Å². The third kappa shape index (κ3) is 16.3. The molecule has 1 rings (SSSR count). The Morgan fingerprint density at radius 1 is 1.08 bits per heavy atom. The number of esters is 2. The van der Waals surface area contributed by atoms with E-state index in [-0.39, 0.29) is 54.8 Å². The zero-order valence-corrected chi connectivity index (χ0v) is 25.7. The molecular weight excluding hydrogens is 540 g/mol. The smallest absolute Gasteiger partial charge is 0.306 e.